The number of likely N-dealkylation sites (tertiary alicyclic amines) is 1. The summed E-state index contributed by atoms with van der Waals surface area (Å²) in [6, 6.07) is 7.62. The third kappa shape index (κ3) is 3.53. The fourth-order valence-corrected chi connectivity index (χ4v) is 5.16. The third-order valence-electron chi connectivity index (χ3n) is 6.93. The van der Waals surface area contributed by atoms with Crippen molar-refractivity contribution >= 4 is 17.7 Å². The molecule has 0 radical (unpaired) electrons. The first-order valence-electron chi connectivity index (χ1n) is 10.9. The molecule has 4 heterocycles. The van der Waals surface area contributed by atoms with Crippen molar-refractivity contribution in [1.29, 1.82) is 0 Å². The second-order valence-electron chi connectivity index (χ2n) is 8.78. The predicted octanol–water partition coefficient (Wildman–Crippen LogP) is 0.824. The van der Waals surface area contributed by atoms with Gasteiger partial charge in [-0.1, -0.05) is 12.1 Å². The van der Waals surface area contributed by atoms with E-state index in [9.17, 15) is 14.4 Å². The van der Waals surface area contributed by atoms with Crippen molar-refractivity contribution in [2.24, 2.45) is 0 Å². The Kier molecular flexibility index (Phi) is 4.89. The molecule has 0 bridgehead atoms. The van der Waals surface area contributed by atoms with Crippen LogP contribution in [-0.4, -0.2) is 83.5 Å². The summed E-state index contributed by atoms with van der Waals surface area (Å²) in [6.45, 7) is 4.04. The molecule has 1 spiro atoms. The summed E-state index contributed by atoms with van der Waals surface area (Å²) in [6.07, 6.45) is 3.45. The van der Waals surface area contributed by atoms with Gasteiger partial charge in [0.2, 0.25) is 11.8 Å². The number of nitrogens with zero attached hydrogens (tertiary/aromatic N) is 3. The number of fused-ring (bicyclic) bond motifs is 2. The van der Waals surface area contributed by atoms with Crippen LogP contribution in [-0.2, 0) is 9.59 Å². The number of carbonyl (C=O) groups is 3. The van der Waals surface area contributed by atoms with Gasteiger partial charge in [-0.3, -0.25) is 19.3 Å². The molecular formula is C22H28N4O4. The monoisotopic (exact) mass is 412 g/mol. The molecule has 0 aliphatic carbocycles. The highest BCUT2D eigenvalue weighted by Crippen LogP contribution is 2.33. The standard InChI is InChI=1S/C22H28N4O4/c27-19-7-8-22(23-21(29)17-5-1-2-6-18(17)30-22)9-11-25(19)15-20(28)26-13-12-24-10-3-4-16(24)14-26/h1-2,5-6,16H,3-4,7-15H2,(H,23,29). The van der Waals surface area contributed by atoms with Gasteiger partial charge in [-0.15, -0.1) is 0 Å². The van der Waals surface area contributed by atoms with Crippen LogP contribution >= 0.6 is 0 Å². The van der Waals surface area contributed by atoms with Crippen molar-refractivity contribution in [3.05, 3.63) is 29.8 Å². The molecule has 1 aromatic rings. The molecule has 2 unspecified atom stereocenters. The van der Waals surface area contributed by atoms with Gasteiger partial charge < -0.3 is 19.9 Å². The number of ether oxygens (including phenoxy) is 1. The van der Waals surface area contributed by atoms with Crippen LogP contribution in [0.1, 0.15) is 42.5 Å². The molecule has 3 amide bonds. The quantitative estimate of drug-likeness (QED) is 0.778. The lowest BCUT2D eigenvalue weighted by Crippen LogP contribution is -2.56. The minimum absolute atomic E-state index is 0.0183. The van der Waals surface area contributed by atoms with Crippen LogP contribution in [0.25, 0.3) is 0 Å². The van der Waals surface area contributed by atoms with Gasteiger partial charge in [0.15, 0.2) is 5.72 Å². The average molecular weight is 412 g/mol. The Morgan fingerprint density at radius 3 is 2.90 bits per heavy atom. The van der Waals surface area contributed by atoms with E-state index in [-0.39, 0.29) is 30.7 Å². The molecular weight excluding hydrogens is 384 g/mol. The zero-order valence-corrected chi connectivity index (χ0v) is 17.1. The van der Waals surface area contributed by atoms with Crippen molar-refractivity contribution in [1.82, 2.24) is 20.0 Å². The van der Waals surface area contributed by atoms with Gasteiger partial charge in [-0.2, -0.15) is 0 Å². The molecule has 8 nitrogen and oxygen atoms in total. The van der Waals surface area contributed by atoms with Crippen LogP contribution in [0.4, 0.5) is 0 Å². The molecule has 0 aromatic heterocycles. The highest BCUT2D eigenvalue weighted by molar-refractivity contribution is 5.98. The summed E-state index contributed by atoms with van der Waals surface area (Å²) in [5.74, 6) is 0.331. The number of benzene rings is 1. The van der Waals surface area contributed by atoms with E-state index in [2.05, 4.69) is 10.2 Å². The summed E-state index contributed by atoms with van der Waals surface area (Å²) in [5, 5.41) is 2.97. The molecule has 0 saturated carbocycles. The fraction of sp³-hybridized carbons (Fsp3) is 0.591. The molecule has 8 heteroatoms. The zero-order chi connectivity index (χ0) is 20.7. The maximum atomic E-state index is 12.9. The number of hydrogen-bond donors (Lipinski definition) is 1. The largest absolute Gasteiger partial charge is 0.467 e. The summed E-state index contributed by atoms with van der Waals surface area (Å²) < 4.78 is 6.16. The topological polar surface area (TPSA) is 82.2 Å². The van der Waals surface area contributed by atoms with Crippen LogP contribution in [0.15, 0.2) is 24.3 Å². The summed E-state index contributed by atoms with van der Waals surface area (Å²) in [4.78, 5) is 44.2. The second kappa shape index (κ2) is 7.58. The molecule has 3 saturated heterocycles. The molecule has 1 aromatic carbocycles. The van der Waals surface area contributed by atoms with Crippen LogP contribution in [0, 0.1) is 0 Å². The normalized spacial score (nSPS) is 29.1. The third-order valence-corrected chi connectivity index (χ3v) is 6.93. The first-order valence-corrected chi connectivity index (χ1v) is 10.9. The van der Waals surface area contributed by atoms with E-state index in [1.165, 1.54) is 6.42 Å². The van der Waals surface area contributed by atoms with Crippen LogP contribution < -0.4 is 10.1 Å². The van der Waals surface area contributed by atoms with Gasteiger partial charge in [0.1, 0.15) is 5.75 Å². The van der Waals surface area contributed by atoms with Crippen LogP contribution in [0.5, 0.6) is 5.75 Å². The van der Waals surface area contributed by atoms with E-state index < -0.39 is 5.72 Å². The Balaban J connectivity index is 1.24. The second-order valence-corrected chi connectivity index (χ2v) is 8.78. The minimum Gasteiger partial charge on any atom is -0.467 e. The van der Waals surface area contributed by atoms with Gasteiger partial charge in [-0.05, 0) is 31.5 Å². The van der Waals surface area contributed by atoms with E-state index in [4.69, 9.17) is 4.74 Å². The van der Waals surface area contributed by atoms with Crippen molar-refractivity contribution in [2.75, 3.05) is 39.3 Å². The molecule has 3 fully saturated rings. The van der Waals surface area contributed by atoms with E-state index >= 15 is 0 Å². The lowest BCUT2D eigenvalue weighted by Gasteiger charge is -2.39. The van der Waals surface area contributed by atoms with Gasteiger partial charge in [0.05, 0.1) is 12.1 Å². The van der Waals surface area contributed by atoms with Crippen molar-refractivity contribution in [3.8, 4) is 5.75 Å². The molecule has 160 valence electrons. The molecule has 1 N–H and O–H groups in total. The van der Waals surface area contributed by atoms with Gasteiger partial charge in [-0.25, -0.2) is 0 Å². The molecule has 4 aliphatic heterocycles. The number of rotatable bonds is 2. The van der Waals surface area contributed by atoms with Gasteiger partial charge in [0, 0.05) is 51.5 Å². The summed E-state index contributed by atoms with van der Waals surface area (Å²) in [7, 11) is 0. The van der Waals surface area contributed by atoms with E-state index in [0.29, 0.717) is 36.7 Å². The first-order chi connectivity index (χ1) is 14.5. The maximum Gasteiger partial charge on any atom is 0.258 e. The van der Waals surface area contributed by atoms with Crippen LogP contribution in [0.3, 0.4) is 0 Å². The fourth-order valence-electron chi connectivity index (χ4n) is 5.16. The first kappa shape index (κ1) is 19.4. The number of nitrogens with one attached hydrogen (secondary N) is 1. The molecule has 4 aliphatic rings. The SMILES string of the molecule is O=C1NC2(CCC(=O)N(CC(=O)N3CCN4CCCC4C3)CC2)Oc2ccccc21. The maximum absolute atomic E-state index is 12.9. The Morgan fingerprint density at radius 1 is 1.13 bits per heavy atom. The number of para-hydroxylation sites is 1. The number of amides is 3. The Labute approximate surface area is 176 Å². The number of piperazine rings is 1. The summed E-state index contributed by atoms with van der Waals surface area (Å²) >= 11 is 0. The summed E-state index contributed by atoms with van der Waals surface area (Å²) in [5.41, 5.74) is -0.384. The minimum atomic E-state index is -0.894. The Morgan fingerprint density at radius 2 is 2.00 bits per heavy atom. The Bertz CT molecular complexity index is 874. The predicted molar refractivity (Wildman–Crippen MR) is 109 cm³/mol. The highest BCUT2D eigenvalue weighted by atomic mass is 16.5. The van der Waals surface area contributed by atoms with Crippen molar-refractivity contribution in [3.63, 3.8) is 0 Å². The van der Waals surface area contributed by atoms with E-state index in [1.54, 1.807) is 23.1 Å². The smallest absolute Gasteiger partial charge is 0.258 e. The lowest BCUT2D eigenvalue weighted by molar-refractivity contribution is -0.141. The molecule has 2 atom stereocenters. The van der Waals surface area contributed by atoms with E-state index in [0.717, 1.165) is 32.6 Å². The van der Waals surface area contributed by atoms with Crippen molar-refractivity contribution in [2.45, 2.75) is 43.9 Å². The van der Waals surface area contributed by atoms with E-state index in [1.807, 2.05) is 11.0 Å². The zero-order valence-electron chi connectivity index (χ0n) is 17.1. The van der Waals surface area contributed by atoms with Gasteiger partial charge >= 0.3 is 0 Å². The van der Waals surface area contributed by atoms with Crippen LogP contribution in [0.2, 0.25) is 0 Å². The Hall–Kier alpha value is -2.61. The average Bonchev–Trinajstić information content (AvgIpc) is 3.17. The molecule has 30 heavy (non-hydrogen) atoms. The lowest BCUT2D eigenvalue weighted by atomic mass is 10.0. The van der Waals surface area contributed by atoms with Gasteiger partial charge in [0.25, 0.3) is 5.91 Å². The highest BCUT2D eigenvalue weighted by Gasteiger charge is 2.43. The van der Waals surface area contributed by atoms with Crippen molar-refractivity contribution < 1.29 is 19.1 Å². The number of hydrogen-bond acceptors (Lipinski definition) is 5. The number of carbonyl (C=O) groups excluding carboxylic acids is 3. The molecule has 5 rings (SSSR count).